The van der Waals surface area contributed by atoms with Crippen molar-refractivity contribution in [1.29, 1.82) is 0 Å². The van der Waals surface area contributed by atoms with Gasteiger partial charge in [0.1, 0.15) is 18.1 Å². The van der Waals surface area contributed by atoms with Crippen LogP contribution in [0.15, 0.2) is 79.3 Å². The first kappa shape index (κ1) is 28.3. The Morgan fingerprint density at radius 3 is 2.42 bits per heavy atom. The lowest BCUT2D eigenvalue weighted by atomic mass is 9.86. The summed E-state index contributed by atoms with van der Waals surface area (Å²) in [6.07, 6.45) is 13.1. The van der Waals surface area contributed by atoms with Gasteiger partial charge < -0.3 is 10.6 Å². The highest BCUT2D eigenvalue weighted by atomic mass is 16.2. The zero-order valence-corrected chi connectivity index (χ0v) is 24.3. The average Bonchev–Trinajstić information content (AvgIpc) is 3.80. The molecule has 0 saturated heterocycles. The van der Waals surface area contributed by atoms with Crippen LogP contribution in [0, 0.1) is 11.8 Å². The van der Waals surface area contributed by atoms with E-state index in [1.54, 1.807) is 21.5 Å². The Hall–Kier alpha value is -4.86. The summed E-state index contributed by atoms with van der Waals surface area (Å²) in [6, 6.07) is 19.7. The number of amides is 3. The zero-order chi connectivity index (χ0) is 29.6. The number of nitrogens with zero attached hydrogens (tertiary/aromatic N) is 5. The molecule has 2 aliphatic rings. The lowest BCUT2D eigenvalue weighted by Crippen LogP contribution is -2.34. The molecule has 2 aromatic heterocycles. The lowest BCUT2D eigenvalue weighted by molar-refractivity contribution is -0.331. The molecular formula is C33H37N8O2+. The normalized spacial score (nSPS) is 18.6. The van der Waals surface area contributed by atoms with Gasteiger partial charge in [0.05, 0.1) is 12.4 Å². The molecule has 2 aromatic carbocycles. The smallest absolute Gasteiger partial charge is 0.351 e. The second kappa shape index (κ2) is 13.0. The van der Waals surface area contributed by atoms with Gasteiger partial charge in [0.25, 0.3) is 0 Å². The standard InChI is InChI=1S/C33H36N8O2/c1-40-22-27(20-36-40)25-11-15-29(16-12-25)41(33(43)35-19-23-5-3-2-4-6-23)21-24-7-13-28(14-8-24)37-32-34-18-17-30(39-32)38-31(42)26-9-10-26/h2-6,11-12,15-18,20-22,24,26,28H,7-10,13-14,19H2,1H3,(H2-,34,35,37,38,39,42,43)/p+1/b41-21-. The fourth-order valence-corrected chi connectivity index (χ4v) is 5.39. The van der Waals surface area contributed by atoms with Crippen molar-refractivity contribution in [2.24, 2.45) is 18.9 Å². The number of urea groups is 1. The maximum absolute atomic E-state index is 13.5. The van der Waals surface area contributed by atoms with Crippen molar-refractivity contribution in [3.8, 4) is 11.1 Å². The predicted molar refractivity (Wildman–Crippen MR) is 166 cm³/mol. The molecule has 0 aliphatic heterocycles. The van der Waals surface area contributed by atoms with Gasteiger partial charge in [0.15, 0.2) is 0 Å². The SMILES string of the molecule is Cn1cc(-c2ccc(/[N+](=C/C3CCC(Nc4nccc(NC(=O)C5CC5)n4)CC3)C(=O)NCc3ccccc3)cc2)cn1. The molecule has 43 heavy (non-hydrogen) atoms. The number of hydrogen-bond donors (Lipinski definition) is 3. The largest absolute Gasteiger partial charge is 0.496 e. The molecule has 2 fully saturated rings. The lowest BCUT2D eigenvalue weighted by Gasteiger charge is -2.27. The Morgan fingerprint density at radius 1 is 0.953 bits per heavy atom. The molecule has 4 aromatic rings. The van der Waals surface area contributed by atoms with Crippen LogP contribution in [0.4, 0.5) is 22.2 Å². The van der Waals surface area contributed by atoms with Crippen LogP contribution in [-0.2, 0) is 18.4 Å². The first-order valence-electron chi connectivity index (χ1n) is 15.0. The molecule has 3 amide bonds. The van der Waals surface area contributed by atoms with Crippen LogP contribution >= 0.6 is 0 Å². The van der Waals surface area contributed by atoms with Crippen molar-refractivity contribution in [2.75, 3.05) is 10.6 Å². The molecule has 10 heteroatoms. The van der Waals surface area contributed by atoms with Gasteiger partial charge in [-0.15, -0.1) is 0 Å². The number of carbonyl (C=O) groups excluding carboxylic acids is 2. The van der Waals surface area contributed by atoms with Crippen LogP contribution in [-0.4, -0.2) is 48.5 Å². The summed E-state index contributed by atoms with van der Waals surface area (Å²) < 4.78 is 3.53. The highest BCUT2D eigenvalue weighted by Gasteiger charge is 2.30. The van der Waals surface area contributed by atoms with E-state index in [4.69, 9.17) is 0 Å². The number of hydrogen-bond acceptors (Lipinski definition) is 6. The quantitative estimate of drug-likeness (QED) is 0.178. The first-order chi connectivity index (χ1) is 21.0. The molecule has 0 unspecified atom stereocenters. The predicted octanol–water partition coefficient (Wildman–Crippen LogP) is 5.52. The molecule has 0 radical (unpaired) electrons. The monoisotopic (exact) mass is 577 g/mol. The fraction of sp³-hybridized carbons (Fsp3) is 0.333. The van der Waals surface area contributed by atoms with Crippen molar-refractivity contribution in [3.05, 3.63) is 84.8 Å². The summed E-state index contributed by atoms with van der Waals surface area (Å²) in [4.78, 5) is 34.5. The summed E-state index contributed by atoms with van der Waals surface area (Å²) in [5.74, 6) is 1.45. The highest BCUT2D eigenvalue weighted by molar-refractivity contribution is 5.93. The van der Waals surface area contributed by atoms with E-state index in [0.717, 1.165) is 60.9 Å². The Bertz CT molecular complexity index is 1590. The van der Waals surface area contributed by atoms with Crippen molar-refractivity contribution >= 4 is 35.6 Å². The van der Waals surface area contributed by atoms with E-state index in [1.807, 2.05) is 74.0 Å². The van der Waals surface area contributed by atoms with Gasteiger partial charge in [-0.2, -0.15) is 19.5 Å². The van der Waals surface area contributed by atoms with E-state index in [-0.39, 0.29) is 29.8 Å². The topological polar surface area (TPSA) is 117 Å². The second-order valence-corrected chi connectivity index (χ2v) is 11.4. The minimum Gasteiger partial charge on any atom is -0.351 e. The Kier molecular flexibility index (Phi) is 8.53. The first-order valence-corrected chi connectivity index (χ1v) is 15.0. The van der Waals surface area contributed by atoms with Gasteiger partial charge in [0, 0.05) is 42.9 Å². The maximum Gasteiger partial charge on any atom is 0.496 e. The van der Waals surface area contributed by atoms with Crippen LogP contribution < -0.4 is 16.0 Å². The van der Waals surface area contributed by atoms with Crippen LogP contribution in [0.1, 0.15) is 44.1 Å². The number of benzene rings is 2. The van der Waals surface area contributed by atoms with Gasteiger partial charge in [0.2, 0.25) is 11.9 Å². The molecule has 3 N–H and O–H groups in total. The van der Waals surface area contributed by atoms with Crippen molar-refractivity contribution < 1.29 is 14.2 Å². The van der Waals surface area contributed by atoms with Gasteiger partial charge in [-0.25, -0.2) is 10.3 Å². The van der Waals surface area contributed by atoms with Crippen LogP contribution in [0.2, 0.25) is 0 Å². The minimum absolute atomic E-state index is 0.0322. The van der Waals surface area contributed by atoms with Gasteiger partial charge in [-0.1, -0.05) is 42.5 Å². The average molecular weight is 578 g/mol. The Labute approximate surface area is 251 Å². The zero-order valence-electron chi connectivity index (χ0n) is 24.3. The number of anilines is 2. The van der Waals surface area contributed by atoms with Crippen LogP contribution in [0.25, 0.3) is 11.1 Å². The van der Waals surface area contributed by atoms with Gasteiger partial charge >= 0.3 is 6.03 Å². The number of carbonyl (C=O) groups is 2. The fourth-order valence-electron chi connectivity index (χ4n) is 5.39. The molecule has 0 atom stereocenters. The Balaban J connectivity index is 1.12. The van der Waals surface area contributed by atoms with Crippen molar-refractivity contribution in [3.63, 3.8) is 0 Å². The summed E-state index contributed by atoms with van der Waals surface area (Å²) in [5, 5.41) is 13.7. The van der Waals surface area contributed by atoms with E-state index in [9.17, 15) is 9.59 Å². The Morgan fingerprint density at radius 2 is 1.72 bits per heavy atom. The van der Waals surface area contributed by atoms with E-state index in [1.165, 1.54) is 0 Å². The highest BCUT2D eigenvalue weighted by Crippen LogP contribution is 2.30. The number of aromatic nitrogens is 4. The summed E-state index contributed by atoms with van der Waals surface area (Å²) in [6.45, 7) is 0.453. The number of nitrogens with one attached hydrogen (secondary N) is 3. The van der Waals surface area contributed by atoms with Gasteiger partial charge in [-0.05, 0) is 67.9 Å². The van der Waals surface area contributed by atoms with Crippen LogP contribution in [0.3, 0.4) is 0 Å². The third-order valence-electron chi connectivity index (χ3n) is 8.01. The molecule has 0 bridgehead atoms. The molecule has 2 saturated carbocycles. The molecular weight excluding hydrogens is 540 g/mol. The third-order valence-corrected chi connectivity index (χ3v) is 8.01. The summed E-state index contributed by atoms with van der Waals surface area (Å²) in [7, 11) is 1.90. The summed E-state index contributed by atoms with van der Waals surface area (Å²) in [5.41, 5.74) is 3.94. The summed E-state index contributed by atoms with van der Waals surface area (Å²) >= 11 is 0. The molecule has 10 nitrogen and oxygen atoms in total. The van der Waals surface area contributed by atoms with Crippen molar-refractivity contribution in [1.82, 2.24) is 25.1 Å². The molecule has 0 spiro atoms. The maximum atomic E-state index is 13.5. The van der Waals surface area contributed by atoms with E-state index < -0.39 is 0 Å². The van der Waals surface area contributed by atoms with Crippen molar-refractivity contribution in [2.45, 2.75) is 51.1 Å². The van der Waals surface area contributed by atoms with E-state index in [0.29, 0.717) is 18.3 Å². The molecule has 2 heterocycles. The molecule has 220 valence electrons. The van der Waals surface area contributed by atoms with Gasteiger partial charge in [-0.3, -0.25) is 9.48 Å². The minimum atomic E-state index is -0.156. The van der Waals surface area contributed by atoms with E-state index >= 15 is 0 Å². The third kappa shape index (κ3) is 7.51. The molecule has 6 rings (SSSR count). The molecule has 2 aliphatic carbocycles. The second-order valence-electron chi connectivity index (χ2n) is 11.4. The number of aryl methyl sites for hydroxylation is 1. The van der Waals surface area contributed by atoms with Crippen LogP contribution in [0.5, 0.6) is 0 Å². The number of rotatable bonds is 9. The van der Waals surface area contributed by atoms with E-state index in [2.05, 4.69) is 37.2 Å².